The first kappa shape index (κ1) is 20.6. The molecule has 0 aliphatic carbocycles. The zero-order valence-corrected chi connectivity index (χ0v) is 16.6. The molecule has 0 atom stereocenters. The third-order valence-electron chi connectivity index (χ3n) is 3.61. The number of carbonyl (C=O) groups is 1. The topological polar surface area (TPSA) is 93.7 Å². The first-order valence-corrected chi connectivity index (χ1v) is 9.89. The third-order valence-corrected chi connectivity index (χ3v) is 4.99. The summed E-state index contributed by atoms with van der Waals surface area (Å²) < 4.78 is 38.2. The second-order valence-electron chi connectivity index (χ2n) is 6.27. The molecule has 0 aliphatic rings. The summed E-state index contributed by atoms with van der Waals surface area (Å²) in [4.78, 5) is 11.8. The van der Waals surface area contributed by atoms with E-state index in [2.05, 4.69) is 10.0 Å². The van der Waals surface area contributed by atoms with Crippen molar-refractivity contribution in [2.45, 2.75) is 31.7 Å². The Morgan fingerprint density at radius 1 is 1.11 bits per heavy atom. The highest BCUT2D eigenvalue weighted by atomic mass is 32.2. The molecule has 0 radical (unpaired) electrons. The monoisotopic (exact) mass is 392 g/mol. The van der Waals surface area contributed by atoms with Crippen LogP contribution in [0.2, 0.25) is 0 Å². The van der Waals surface area contributed by atoms with E-state index in [4.69, 9.17) is 9.47 Å². The van der Waals surface area contributed by atoms with Crippen LogP contribution in [-0.2, 0) is 14.8 Å². The van der Waals surface area contributed by atoms with Gasteiger partial charge in [0.15, 0.2) is 6.61 Å². The number of anilines is 1. The number of hydrogen-bond acceptors (Lipinski definition) is 5. The summed E-state index contributed by atoms with van der Waals surface area (Å²) in [5.41, 5.74) is 1.05. The Morgan fingerprint density at radius 2 is 1.78 bits per heavy atom. The molecule has 0 aliphatic heterocycles. The van der Waals surface area contributed by atoms with Gasteiger partial charge in [-0.15, -0.1) is 0 Å². The Morgan fingerprint density at radius 3 is 2.33 bits per heavy atom. The molecule has 146 valence electrons. The molecule has 2 N–H and O–H groups in total. The molecule has 0 aromatic heterocycles. The van der Waals surface area contributed by atoms with Crippen molar-refractivity contribution in [2.75, 3.05) is 18.4 Å². The maximum absolute atomic E-state index is 12.6. The molecule has 2 aromatic rings. The molecule has 2 rings (SSSR count). The van der Waals surface area contributed by atoms with E-state index in [0.717, 1.165) is 0 Å². The lowest BCUT2D eigenvalue weighted by Gasteiger charge is -2.13. The van der Waals surface area contributed by atoms with Crippen molar-refractivity contribution in [1.29, 1.82) is 0 Å². The second kappa shape index (κ2) is 8.77. The number of sulfonamides is 1. The fourth-order valence-corrected chi connectivity index (χ4v) is 3.47. The van der Waals surface area contributed by atoms with Crippen molar-refractivity contribution >= 4 is 21.6 Å². The van der Waals surface area contributed by atoms with Crippen LogP contribution >= 0.6 is 0 Å². The molecule has 8 heteroatoms. The fraction of sp³-hybridized carbons (Fsp3) is 0.316. The molecule has 0 heterocycles. The minimum absolute atomic E-state index is 0.0266. The van der Waals surface area contributed by atoms with Crippen molar-refractivity contribution in [1.82, 2.24) is 5.32 Å². The average Bonchev–Trinajstić information content (AvgIpc) is 2.60. The van der Waals surface area contributed by atoms with Gasteiger partial charge < -0.3 is 14.8 Å². The lowest BCUT2D eigenvalue weighted by molar-refractivity contribution is -0.123. The molecule has 0 saturated carbocycles. The number of benzene rings is 2. The van der Waals surface area contributed by atoms with E-state index < -0.39 is 10.0 Å². The number of ether oxygens (including phenoxy) is 2. The Hall–Kier alpha value is -2.74. The van der Waals surface area contributed by atoms with Gasteiger partial charge in [0.25, 0.3) is 15.9 Å². The number of carbonyl (C=O) groups excluding carboxylic acids is 1. The summed E-state index contributed by atoms with van der Waals surface area (Å²) in [7, 11) is -2.21. The van der Waals surface area contributed by atoms with Gasteiger partial charge in [-0.25, -0.2) is 8.42 Å². The highest BCUT2D eigenvalue weighted by Crippen LogP contribution is 2.24. The minimum atomic E-state index is -3.74. The van der Waals surface area contributed by atoms with E-state index in [-0.39, 0.29) is 23.5 Å². The largest absolute Gasteiger partial charge is 0.497 e. The van der Waals surface area contributed by atoms with Crippen molar-refractivity contribution in [3.05, 3.63) is 48.0 Å². The van der Waals surface area contributed by atoms with Gasteiger partial charge in [-0.1, -0.05) is 0 Å². The van der Waals surface area contributed by atoms with E-state index in [1.807, 2.05) is 13.8 Å². The van der Waals surface area contributed by atoms with Gasteiger partial charge in [-0.3, -0.25) is 9.52 Å². The van der Waals surface area contributed by atoms with Crippen molar-refractivity contribution in [3.8, 4) is 11.5 Å². The summed E-state index contributed by atoms with van der Waals surface area (Å²) in [5.74, 6) is 0.858. The lowest BCUT2D eigenvalue weighted by atomic mass is 10.2. The molecule has 0 saturated heterocycles. The van der Waals surface area contributed by atoms with Gasteiger partial charge in [0, 0.05) is 11.7 Å². The van der Waals surface area contributed by atoms with Gasteiger partial charge >= 0.3 is 0 Å². The minimum Gasteiger partial charge on any atom is -0.497 e. The number of hydrogen-bond donors (Lipinski definition) is 2. The van der Waals surface area contributed by atoms with Gasteiger partial charge in [0.1, 0.15) is 11.5 Å². The number of nitrogens with one attached hydrogen (secondary N) is 2. The Kier molecular flexibility index (Phi) is 6.68. The molecule has 0 fully saturated rings. The smallest absolute Gasteiger partial charge is 0.261 e. The standard InChI is InChI=1S/C19H24N2O5S/c1-13(2)20-19(22)12-26-18-10-9-17(11-14(18)3)27(23,24)21-15-5-7-16(25-4)8-6-15/h5-11,13,21H,12H2,1-4H3,(H,20,22). The molecule has 1 amide bonds. The molecule has 0 spiro atoms. The van der Waals surface area contributed by atoms with Crippen molar-refractivity contribution in [3.63, 3.8) is 0 Å². The number of amides is 1. The summed E-state index contributed by atoms with van der Waals surface area (Å²) in [5, 5.41) is 2.72. The van der Waals surface area contributed by atoms with Crippen LogP contribution in [0.5, 0.6) is 11.5 Å². The quantitative estimate of drug-likeness (QED) is 0.720. The van der Waals surface area contributed by atoms with Crippen LogP contribution < -0.4 is 19.5 Å². The Labute approximate surface area is 159 Å². The van der Waals surface area contributed by atoms with Crippen molar-refractivity contribution < 1.29 is 22.7 Å². The van der Waals surface area contributed by atoms with Gasteiger partial charge in [0.05, 0.1) is 12.0 Å². The van der Waals surface area contributed by atoms with Crippen LogP contribution in [0.3, 0.4) is 0 Å². The zero-order chi connectivity index (χ0) is 20.0. The summed E-state index contributed by atoms with van der Waals surface area (Å²) >= 11 is 0. The van der Waals surface area contributed by atoms with E-state index in [1.165, 1.54) is 19.2 Å². The zero-order valence-electron chi connectivity index (χ0n) is 15.8. The van der Waals surface area contributed by atoms with Crippen LogP contribution in [0, 0.1) is 6.92 Å². The lowest BCUT2D eigenvalue weighted by Crippen LogP contribution is -2.34. The first-order chi connectivity index (χ1) is 12.7. The van der Waals surface area contributed by atoms with Crippen LogP contribution in [0.4, 0.5) is 5.69 Å². The second-order valence-corrected chi connectivity index (χ2v) is 7.95. The predicted octanol–water partition coefficient (Wildman–Crippen LogP) is 2.71. The van der Waals surface area contributed by atoms with E-state index in [1.54, 1.807) is 37.3 Å². The van der Waals surface area contributed by atoms with E-state index in [9.17, 15) is 13.2 Å². The normalized spacial score (nSPS) is 11.1. The summed E-state index contributed by atoms with van der Waals surface area (Å²) in [6.07, 6.45) is 0. The third kappa shape index (κ3) is 5.89. The number of rotatable bonds is 8. The van der Waals surface area contributed by atoms with Crippen LogP contribution in [0.1, 0.15) is 19.4 Å². The molecule has 2 aromatic carbocycles. The van der Waals surface area contributed by atoms with Gasteiger partial charge in [-0.2, -0.15) is 0 Å². The fourth-order valence-electron chi connectivity index (χ4n) is 2.33. The SMILES string of the molecule is COc1ccc(NS(=O)(=O)c2ccc(OCC(=O)NC(C)C)c(C)c2)cc1. The van der Waals surface area contributed by atoms with Gasteiger partial charge in [0.2, 0.25) is 0 Å². The summed E-state index contributed by atoms with van der Waals surface area (Å²) in [6, 6.07) is 11.1. The number of aryl methyl sites for hydroxylation is 1. The highest BCUT2D eigenvalue weighted by molar-refractivity contribution is 7.92. The molecule has 7 nitrogen and oxygen atoms in total. The van der Waals surface area contributed by atoms with Crippen LogP contribution in [-0.4, -0.2) is 34.1 Å². The van der Waals surface area contributed by atoms with Crippen LogP contribution in [0.25, 0.3) is 0 Å². The average molecular weight is 392 g/mol. The first-order valence-electron chi connectivity index (χ1n) is 8.41. The number of methoxy groups -OCH3 is 1. The van der Waals surface area contributed by atoms with Crippen molar-refractivity contribution in [2.24, 2.45) is 0 Å². The van der Waals surface area contributed by atoms with E-state index >= 15 is 0 Å². The maximum atomic E-state index is 12.6. The Balaban J connectivity index is 2.09. The maximum Gasteiger partial charge on any atom is 0.261 e. The molecular weight excluding hydrogens is 368 g/mol. The Bertz CT molecular complexity index is 893. The molecule has 0 bridgehead atoms. The highest BCUT2D eigenvalue weighted by Gasteiger charge is 2.16. The molecule has 27 heavy (non-hydrogen) atoms. The van der Waals surface area contributed by atoms with E-state index in [0.29, 0.717) is 22.7 Å². The van der Waals surface area contributed by atoms with Gasteiger partial charge in [-0.05, 0) is 68.8 Å². The predicted molar refractivity (Wildman–Crippen MR) is 104 cm³/mol. The van der Waals surface area contributed by atoms with Crippen LogP contribution in [0.15, 0.2) is 47.4 Å². The summed E-state index contributed by atoms with van der Waals surface area (Å²) in [6.45, 7) is 5.31. The molecule has 0 unspecified atom stereocenters. The molecular formula is C19H24N2O5S.